The van der Waals surface area contributed by atoms with Crippen molar-refractivity contribution in [2.75, 3.05) is 0 Å². The third kappa shape index (κ3) is 4.07. The van der Waals surface area contributed by atoms with Crippen LogP contribution in [-0.2, 0) is 12.0 Å². The predicted molar refractivity (Wildman–Crippen MR) is 116 cm³/mol. The summed E-state index contributed by atoms with van der Waals surface area (Å²) in [6.45, 7) is 7.66. The first-order valence-electron chi connectivity index (χ1n) is 10.9. The van der Waals surface area contributed by atoms with E-state index in [1.54, 1.807) is 0 Å². The third-order valence-corrected chi connectivity index (χ3v) is 6.72. The number of fused-ring (bicyclic) bond motifs is 2. The highest BCUT2D eigenvalue weighted by molar-refractivity contribution is 5.98. The maximum Gasteiger partial charge on any atom is 0.166 e. The van der Waals surface area contributed by atoms with E-state index in [-0.39, 0.29) is 11.3 Å². The van der Waals surface area contributed by atoms with Crippen molar-refractivity contribution in [2.24, 2.45) is 5.92 Å². The predicted octanol–water partition coefficient (Wildman–Crippen LogP) is 6.00. The van der Waals surface area contributed by atoms with Crippen LogP contribution in [0.15, 0.2) is 54.6 Å². The molecule has 0 spiro atoms. The Bertz CT molecular complexity index is 806. The lowest BCUT2D eigenvalue weighted by Gasteiger charge is -2.48. The molecule has 2 aromatic rings. The van der Waals surface area contributed by atoms with Gasteiger partial charge in [0, 0.05) is 30.1 Å². The van der Waals surface area contributed by atoms with Crippen LogP contribution in [0.1, 0.15) is 74.4 Å². The van der Waals surface area contributed by atoms with Crippen LogP contribution < -0.4 is 0 Å². The van der Waals surface area contributed by atoms with Gasteiger partial charge in [0.25, 0.3) is 0 Å². The largest absolute Gasteiger partial charge is 0.294 e. The smallest absolute Gasteiger partial charge is 0.166 e. The number of carbonyl (C=O) groups is 1. The second-order valence-corrected chi connectivity index (χ2v) is 9.76. The molecule has 0 aliphatic carbocycles. The highest BCUT2D eigenvalue weighted by Gasteiger charge is 2.40. The molecule has 2 fully saturated rings. The summed E-state index contributed by atoms with van der Waals surface area (Å²) in [5, 5.41) is 0. The molecule has 0 amide bonds. The topological polar surface area (TPSA) is 20.3 Å². The van der Waals surface area contributed by atoms with Crippen molar-refractivity contribution < 1.29 is 4.79 Å². The molecule has 0 aromatic heterocycles. The van der Waals surface area contributed by atoms with E-state index in [2.05, 4.69) is 74.2 Å². The zero-order chi connectivity index (χ0) is 19.7. The van der Waals surface area contributed by atoms with Gasteiger partial charge >= 0.3 is 0 Å². The molecule has 2 atom stereocenters. The van der Waals surface area contributed by atoms with Gasteiger partial charge < -0.3 is 0 Å². The molecule has 2 bridgehead atoms. The van der Waals surface area contributed by atoms with Gasteiger partial charge in [0.1, 0.15) is 0 Å². The molecular weight excluding hydrogens is 342 g/mol. The fraction of sp³-hybridized carbons (Fsp3) is 0.500. The molecule has 2 heterocycles. The fourth-order valence-corrected chi connectivity index (χ4v) is 5.12. The van der Waals surface area contributed by atoms with Gasteiger partial charge in [-0.3, -0.25) is 9.69 Å². The summed E-state index contributed by atoms with van der Waals surface area (Å²) >= 11 is 0. The van der Waals surface area contributed by atoms with Crippen molar-refractivity contribution >= 4 is 5.78 Å². The molecule has 0 N–H and O–H groups in total. The van der Waals surface area contributed by atoms with Crippen LogP contribution in [0.25, 0.3) is 0 Å². The summed E-state index contributed by atoms with van der Waals surface area (Å²) in [6, 6.07) is 20.2. The molecule has 2 aliphatic heterocycles. The van der Waals surface area contributed by atoms with Crippen molar-refractivity contribution in [2.45, 2.75) is 76.9 Å². The number of hydrogen-bond donors (Lipinski definition) is 0. The highest BCUT2D eigenvalue weighted by atomic mass is 16.1. The maximum atomic E-state index is 13.4. The van der Waals surface area contributed by atoms with Crippen LogP contribution in [0.4, 0.5) is 0 Å². The first kappa shape index (κ1) is 19.4. The second kappa shape index (κ2) is 7.83. The second-order valence-electron chi connectivity index (χ2n) is 9.76. The zero-order valence-corrected chi connectivity index (χ0v) is 17.5. The van der Waals surface area contributed by atoms with Crippen molar-refractivity contribution in [3.63, 3.8) is 0 Å². The minimum Gasteiger partial charge on any atom is -0.294 e. The summed E-state index contributed by atoms with van der Waals surface area (Å²) in [5.41, 5.74) is 3.63. The minimum absolute atomic E-state index is 0.0752. The molecule has 0 saturated carbocycles. The SMILES string of the molecule is CC(C)(C)c1cccc(C(=O)C2CC3CCCC(C2)N3Cc2ccccc2)c1. The first-order chi connectivity index (χ1) is 13.4. The number of hydrogen-bond acceptors (Lipinski definition) is 2. The number of carbonyl (C=O) groups excluding carboxylic acids is 1. The molecule has 2 aromatic carbocycles. The minimum atomic E-state index is 0.0752. The molecule has 2 saturated heterocycles. The molecule has 28 heavy (non-hydrogen) atoms. The summed E-state index contributed by atoms with van der Waals surface area (Å²) in [4.78, 5) is 16.0. The van der Waals surface area contributed by atoms with Crippen LogP contribution in [-0.4, -0.2) is 22.8 Å². The molecule has 2 aliphatic rings. The summed E-state index contributed by atoms with van der Waals surface area (Å²) < 4.78 is 0. The Hall–Kier alpha value is -1.93. The fourth-order valence-electron chi connectivity index (χ4n) is 5.12. The van der Waals surface area contributed by atoms with Gasteiger partial charge in [-0.1, -0.05) is 75.7 Å². The van der Waals surface area contributed by atoms with E-state index >= 15 is 0 Å². The number of benzene rings is 2. The van der Waals surface area contributed by atoms with Crippen LogP contribution >= 0.6 is 0 Å². The Morgan fingerprint density at radius 1 is 0.964 bits per heavy atom. The molecule has 2 nitrogen and oxygen atoms in total. The Balaban J connectivity index is 1.50. The lowest BCUT2D eigenvalue weighted by atomic mass is 9.75. The first-order valence-corrected chi connectivity index (χ1v) is 10.9. The van der Waals surface area contributed by atoms with Crippen molar-refractivity contribution in [3.05, 3.63) is 71.3 Å². The zero-order valence-electron chi connectivity index (χ0n) is 17.5. The average Bonchev–Trinajstić information content (AvgIpc) is 2.67. The third-order valence-electron chi connectivity index (χ3n) is 6.72. The molecule has 4 rings (SSSR count). The van der Waals surface area contributed by atoms with E-state index in [4.69, 9.17) is 0 Å². The molecule has 148 valence electrons. The van der Waals surface area contributed by atoms with Crippen LogP contribution in [0.2, 0.25) is 0 Å². The number of ketones is 1. The number of Topliss-reactive ketones (excluding diaryl/α,β-unsaturated/α-hetero) is 1. The van der Waals surface area contributed by atoms with Gasteiger partial charge in [-0.2, -0.15) is 0 Å². The van der Waals surface area contributed by atoms with Crippen LogP contribution in [0.5, 0.6) is 0 Å². The van der Waals surface area contributed by atoms with Crippen LogP contribution in [0, 0.1) is 5.92 Å². The van der Waals surface area contributed by atoms with Crippen molar-refractivity contribution in [1.82, 2.24) is 4.90 Å². The van der Waals surface area contributed by atoms with Gasteiger partial charge in [0.2, 0.25) is 0 Å². The van der Waals surface area contributed by atoms with Gasteiger partial charge in [0.15, 0.2) is 5.78 Å². The highest BCUT2D eigenvalue weighted by Crippen LogP contribution is 2.39. The van der Waals surface area contributed by atoms with Gasteiger partial charge in [-0.05, 0) is 48.3 Å². The van der Waals surface area contributed by atoms with Crippen LogP contribution in [0.3, 0.4) is 0 Å². The van der Waals surface area contributed by atoms with E-state index in [1.165, 1.54) is 30.4 Å². The lowest BCUT2D eigenvalue weighted by Crippen LogP contribution is -2.52. The maximum absolute atomic E-state index is 13.4. The Morgan fingerprint density at radius 3 is 2.29 bits per heavy atom. The van der Waals surface area contributed by atoms with E-state index < -0.39 is 0 Å². The van der Waals surface area contributed by atoms with Crippen molar-refractivity contribution in [1.29, 1.82) is 0 Å². The average molecular weight is 376 g/mol. The number of nitrogens with zero attached hydrogens (tertiary/aromatic N) is 1. The summed E-state index contributed by atoms with van der Waals surface area (Å²) in [5.74, 6) is 0.542. The summed E-state index contributed by atoms with van der Waals surface area (Å²) in [7, 11) is 0. The Kier molecular flexibility index (Phi) is 5.42. The molecular formula is C26H33NO. The lowest BCUT2D eigenvalue weighted by molar-refractivity contribution is 0.00906. The molecule has 0 radical (unpaired) electrons. The van der Waals surface area contributed by atoms with E-state index in [9.17, 15) is 4.79 Å². The van der Waals surface area contributed by atoms with E-state index in [1.807, 2.05) is 6.07 Å². The van der Waals surface area contributed by atoms with Crippen molar-refractivity contribution in [3.8, 4) is 0 Å². The molecule has 2 unspecified atom stereocenters. The van der Waals surface area contributed by atoms with E-state index in [0.717, 1.165) is 24.9 Å². The molecule has 2 heteroatoms. The van der Waals surface area contributed by atoms with Gasteiger partial charge in [0.05, 0.1) is 0 Å². The Morgan fingerprint density at radius 2 is 1.64 bits per heavy atom. The standard InChI is InChI=1S/C26H33NO/c1-26(2,3)22-12-7-11-20(15-22)25(28)21-16-23-13-8-14-24(17-21)27(23)18-19-9-5-4-6-10-19/h4-7,9-12,15,21,23-24H,8,13-14,16-18H2,1-3H3. The normalized spacial score (nSPS) is 25.5. The quantitative estimate of drug-likeness (QED) is 0.611. The Labute approximate surface area is 170 Å². The monoisotopic (exact) mass is 375 g/mol. The van der Waals surface area contributed by atoms with Gasteiger partial charge in [-0.15, -0.1) is 0 Å². The van der Waals surface area contributed by atoms with E-state index in [0.29, 0.717) is 17.9 Å². The van der Waals surface area contributed by atoms with Gasteiger partial charge in [-0.25, -0.2) is 0 Å². The number of piperidine rings is 2. The summed E-state index contributed by atoms with van der Waals surface area (Å²) in [6.07, 6.45) is 5.80. The number of rotatable bonds is 4.